The molecule has 2 nitrogen and oxygen atoms in total. The summed E-state index contributed by atoms with van der Waals surface area (Å²) in [7, 11) is -1.25. The summed E-state index contributed by atoms with van der Waals surface area (Å²) < 4.78 is 14.7. The van der Waals surface area contributed by atoms with Gasteiger partial charge in [0.1, 0.15) is 0 Å². The van der Waals surface area contributed by atoms with E-state index in [-0.39, 0.29) is 8.69 Å². The standard InChI is InChI=1S/C32H69P.C8H17O2P/c1-5-9-13-17-18-19-20-21-22-23-24-28-32-33(29-25-14-10-6-2,30-26-15-11-7-3)31-27-16-12-8-4;1-7(6-10-11-9)5-8(2,3)4/h33H,5-32H2,1-4H3;7H,5-6H2,1-4H3. The zero-order valence-corrected chi connectivity index (χ0v) is 33.9. The van der Waals surface area contributed by atoms with Gasteiger partial charge >= 0.3 is 209 Å². The second kappa shape index (κ2) is 34.8. The van der Waals surface area contributed by atoms with Crippen molar-refractivity contribution in [2.75, 3.05) is 31.3 Å². The van der Waals surface area contributed by atoms with Gasteiger partial charge < -0.3 is 0 Å². The summed E-state index contributed by atoms with van der Waals surface area (Å²) in [5.74, 6) is 0.483. The predicted octanol–water partition coefficient (Wildman–Crippen LogP) is 15.5. The molecule has 0 heterocycles. The Morgan fingerprint density at radius 2 is 0.773 bits per heavy atom. The number of hydrogen-bond acceptors (Lipinski definition) is 2. The van der Waals surface area contributed by atoms with Crippen LogP contribution in [0.1, 0.15) is 216 Å². The van der Waals surface area contributed by atoms with Crippen LogP contribution in [-0.4, -0.2) is 31.3 Å². The fourth-order valence-electron chi connectivity index (χ4n) is 7.13. The van der Waals surface area contributed by atoms with Crippen molar-refractivity contribution in [3.63, 3.8) is 0 Å². The van der Waals surface area contributed by atoms with Crippen molar-refractivity contribution in [2.45, 2.75) is 216 Å². The van der Waals surface area contributed by atoms with E-state index in [1.165, 1.54) is 128 Å². The van der Waals surface area contributed by atoms with Gasteiger partial charge in [0.15, 0.2) is 0 Å². The molecular formula is C40H86O2P2. The monoisotopic (exact) mass is 661 g/mol. The zero-order valence-electron chi connectivity index (χ0n) is 32.1. The van der Waals surface area contributed by atoms with Crippen molar-refractivity contribution in [3.05, 3.63) is 0 Å². The van der Waals surface area contributed by atoms with Gasteiger partial charge in [-0.2, -0.15) is 0 Å². The Labute approximate surface area is 282 Å². The Morgan fingerprint density at radius 3 is 1.05 bits per heavy atom. The van der Waals surface area contributed by atoms with Crippen LogP contribution in [0.3, 0.4) is 0 Å². The molecule has 0 amide bonds. The minimum atomic E-state index is -1.04. The van der Waals surface area contributed by atoms with Crippen LogP contribution >= 0.6 is 15.9 Å². The maximum absolute atomic E-state index is 9.95. The summed E-state index contributed by atoms with van der Waals surface area (Å²) in [5.41, 5.74) is 0.336. The van der Waals surface area contributed by atoms with Crippen LogP contribution in [0.25, 0.3) is 0 Å². The molecule has 4 heteroatoms. The molecule has 0 rings (SSSR count). The van der Waals surface area contributed by atoms with E-state index in [4.69, 9.17) is 4.52 Å². The summed E-state index contributed by atoms with van der Waals surface area (Å²) in [5, 5.41) is 0. The molecule has 0 N–H and O–H groups in total. The van der Waals surface area contributed by atoms with Crippen molar-refractivity contribution in [2.24, 2.45) is 11.3 Å². The van der Waals surface area contributed by atoms with Crippen LogP contribution in [0.4, 0.5) is 0 Å². The fourth-order valence-corrected chi connectivity index (χ4v) is 12.9. The first-order valence-electron chi connectivity index (χ1n) is 20.1. The van der Waals surface area contributed by atoms with Gasteiger partial charge in [0.2, 0.25) is 0 Å². The SMILES string of the molecule is CC(COP=O)CC(C)(C)C.CCCCCCCCCCCCCC[PH](CCCCCC)(CCCCCC)CCCCCC. The molecule has 0 aliphatic carbocycles. The average Bonchev–Trinajstić information content (AvgIpc) is 2.98. The van der Waals surface area contributed by atoms with Crippen LogP contribution < -0.4 is 0 Å². The quantitative estimate of drug-likeness (QED) is 0.0530. The minimum absolute atomic E-state index is 0.204. The van der Waals surface area contributed by atoms with E-state index in [9.17, 15) is 4.57 Å². The van der Waals surface area contributed by atoms with Crippen LogP contribution in [0, 0.1) is 11.3 Å². The van der Waals surface area contributed by atoms with E-state index in [2.05, 4.69) is 55.4 Å². The van der Waals surface area contributed by atoms with Crippen molar-refractivity contribution in [3.8, 4) is 0 Å². The van der Waals surface area contributed by atoms with Gasteiger partial charge in [-0.05, 0) is 17.8 Å². The van der Waals surface area contributed by atoms with Gasteiger partial charge in [-0.15, -0.1) is 0 Å². The molecule has 0 aromatic heterocycles. The van der Waals surface area contributed by atoms with E-state index < -0.39 is 7.26 Å². The van der Waals surface area contributed by atoms with Gasteiger partial charge in [-0.3, -0.25) is 4.52 Å². The molecule has 0 aliphatic heterocycles. The molecule has 0 aliphatic rings. The Balaban J connectivity index is 0. The van der Waals surface area contributed by atoms with E-state index in [0.717, 1.165) is 6.42 Å². The summed E-state index contributed by atoms with van der Waals surface area (Å²) in [6.45, 7) is 18.7. The third kappa shape index (κ3) is 35.3. The summed E-state index contributed by atoms with van der Waals surface area (Å²) in [6.07, 6.45) is 43.4. The molecular weight excluding hydrogens is 574 g/mol. The van der Waals surface area contributed by atoms with Crippen molar-refractivity contribution < 1.29 is 9.09 Å². The zero-order chi connectivity index (χ0) is 33.2. The van der Waals surface area contributed by atoms with Crippen LogP contribution in [0.2, 0.25) is 0 Å². The normalized spacial score (nSPS) is 13.2. The van der Waals surface area contributed by atoms with E-state index in [1.54, 1.807) is 50.3 Å². The molecule has 0 bridgehead atoms. The first kappa shape index (κ1) is 46.6. The molecule has 0 saturated carbocycles. The molecule has 0 aromatic rings. The number of unbranched alkanes of at least 4 members (excludes halogenated alkanes) is 20. The topological polar surface area (TPSA) is 26.3 Å². The average molecular weight is 661 g/mol. The number of hydrogen-bond donors (Lipinski definition) is 0. The van der Waals surface area contributed by atoms with Crippen molar-refractivity contribution in [1.82, 2.24) is 0 Å². The molecule has 268 valence electrons. The Bertz CT molecular complexity index is 529. The van der Waals surface area contributed by atoms with Crippen LogP contribution in [0.15, 0.2) is 0 Å². The van der Waals surface area contributed by atoms with Gasteiger partial charge in [-0.25, -0.2) is 4.57 Å². The first-order chi connectivity index (χ1) is 21.2. The molecule has 0 radical (unpaired) electrons. The predicted molar refractivity (Wildman–Crippen MR) is 208 cm³/mol. The van der Waals surface area contributed by atoms with Crippen molar-refractivity contribution >= 4 is 15.9 Å². The second-order valence-corrected chi connectivity index (χ2v) is 21.2. The molecule has 0 saturated heterocycles. The summed E-state index contributed by atoms with van der Waals surface area (Å²) in [6, 6.07) is 0. The third-order valence-electron chi connectivity index (χ3n) is 9.62. The number of rotatable bonds is 32. The molecule has 0 aromatic carbocycles. The Morgan fingerprint density at radius 1 is 0.500 bits per heavy atom. The van der Waals surface area contributed by atoms with Gasteiger partial charge in [0.25, 0.3) is 0 Å². The van der Waals surface area contributed by atoms with E-state index >= 15 is 0 Å². The summed E-state index contributed by atoms with van der Waals surface area (Å²) in [4.78, 5) is 0. The van der Waals surface area contributed by atoms with Crippen LogP contribution in [-0.2, 0) is 9.09 Å². The Hall–Kier alpha value is 0.490. The fraction of sp³-hybridized carbons (Fsp3) is 1.00. The molecule has 1 atom stereocenters. The van der Waals surface area contributed by atoms with Gasteiger partial charge in [0.05, 0.1) is 6.61 Å². The molecule has 0 spiro atoms. The molecule has 44 heavy (non-hydrogen) atoms. The Kier molecular flexibility index (Phi) is 36.9. The van der Waals surface area contributed by atoms with Gasteiger partial charge in [0, 0.05) is 0 Å². The first-order valence-corrected chi connectivity index (χ1v) is 23.7. The summed E-state index contributed by atoms with van der Waals surface area (Å²) >= 11 is 0. The van der Waals surface area contributed by atoms with Crippen LogP contribution in [0.5, 0.6) is 0 Å². The third-order valence-corrected chi connectivity index (χ3v) is 15.5. The van der Waals surface area contributed by atoms with Crippen molar-refractivity contribution in [1.29, 1.82) is 0 Å². The molecule has 0 fully saturated rings. The van der Waals surface area contributed by atoms with E-state index in [1.807, 2.05) is 0 Å². The molecule has 1 unspecified atom stereocenters. The maximum atomic E-state index is 9.95. The second-order valence-electron chi connectivity index (χ2n) is 15.8. The van der Waals surface area contributed by atoms with E-state index in [0.29, 0.717) is 17.9 Å². The van der Waals surface area contributed by atoms with Gasteiger partial charge in [-0.1, -0.05) is 41.0 Å².